The summed E-state index contributed by atoms with van der Waals surface area (Å²) in [5, 5.41) is 0. The highest BCUT2D eigenvalue weighted by atomic mass is 16.5. The molecule has 13 heavy (non-hydrogen) atoms. The number of hydrogen-bond acceptors (Lipinski definition) is 3. The molecular weight excluding hydrogens is 168 g/mol. The van der Waals surface area contributed by atoms with Crippen LogP contribution in [0, 0.1) is 5.92 Å². The largest absolute Gasteiger partial charge is 0.461 e. The first kappa shape index (κ1) is 8.51. The van der Waals surface area contributed by atoms with Gasteiger partial charge in [0.2, 0.25) is 5.78 Å². The smallest absolute Gasteiger partial charge is 0.203 e. The number of carbonyl (C=O) groups is 1. The number of ketones is 1. The molecule has 0 aliphatic carbocycles. The van der Waals surface area contributed by atoms with E-state index in [-0.39, 0.29) is 17.8 Å². The Labute approximate surface area is 76.7 Å². The van der Waals surface area contributed by atoms with Crippen LogP contribution in [0.3, 0.4) is 0 Å². The minimum Gasteiger partial charge on any atom is -0.461 e. The van der Waals surface area contributed by atoms with Gasteiger partial charge in [-0.1, -0.05) is 0 Å². The number of Topliss-reactive ketones (excluding diaryl/α,β-unsaturated/α-hetero) is 1. The van der Waals surface area contributed by atoms with Crippen molar-refractivity contribution in [2.24, 2.45) is 5.92 Å². The maximum absolute atomic E-state index is 11.7. The lowest BCUT2D eigenvalue weighted by molar-refractivity contribution is 0.0851. The molecule has 3 nitrogen and oxygen atoms in total. The molecule has 1 aromatic rings. The van der Waals surface area contributed by atoms with E-state index in [0.29, 0.717) is 12.4 Å². The molecule has 3 heteroatoms. The van der Waals surface area contributed by atoms with E-state index in [2.05, 4.69) is 0 Å². The van der Waals surface area contributed by atoms with Crippen LogP contribution in [0.15, 0.2) is 22.8 Å². The van der Waals surface area contributed by atoms with E-state index in [1.54, 1.807) is 12.1 Å². The van der Waals surface area contributed by atoms with Crippen molar-refractivity contribution in [3.05, 3.63) is 24.2 Å². The number of carbonyl (C=O) groups excluding carboxylic acids is 1. The lowest BCUT2D eigenvalue weighted by atomic mass is 9.99. The minimum absolute atomic E-state index is 0.0128. The fraction of sp³-hybridized carbons (Fsp3) is 0.500. The quantitative estimate of drug-likeness (QED) is 0.652. The van der Waals surface area contributed by atoms with Crippen LogP contribution in [0.5, 0.6) is 0 Å². The van der Waals surface area contributed by atoms with Gasteiger partial charge in [0.1, 0.15) is 0 Å². The van der Waals surface area contributed by atoms with E-state index in [0.717, 1.165) is 6.42 Å². The maximum Gasteiger partial charge on any atom is 0.203 e. The fourth-order valence-corrected chi connectivity index (χ4v) is 1.62. The molecule has 2 heterocycles. The summed E-state index contributed by atoms with van der Waals surface area (Å²) in [5.74, 6) is 0.498. The Bertz CT molecular complexity index is 289. The molecule has 2 atom stereocenters. The van der Waals surface area contributed by atoms with Crippen molar-refractivity contribution in [3.8, 4) is 0 Å². The molecule has 0 saturated carbocycles. The van der Waals surface area contributed by atoms with Gasteiger partial charge < -0.3 is 9.15 Å². The van der Waals surface area contributed by atoms with Crippen molar-refractivity contribution in [3.63, 3.8) is 0 Å². The lowest BCUT2D eigenvalue weighted by Crippen LogP contribution is -2.13. The number of hydrogen-bond donors (Lipinski definition) is 0. The summed E-state index contributed by atoms with van der Waals surface area (Å²) in [5.41, 5.74) is 0. The van der Waals surface area contributed by atoms with Crippen LogP contribution in [0.4, 0.5) is 0 Å². The Morgan fingerprint density at radius 3 is 3.00 bits per heavy atom. The Hall–Kier alpha value is -1.09. The first-order valence-corrected chi connectivity index (χ1v) is 4.46. The van der Waals surface area contributed by atoms with Crippen LogP contribution >= 0.6 is 0 Å². The average Bonchev–Trinajstić information content (AvgIpc) is 2.72. The first-order valence-electron chi connectivity index (χ1n) is 4.46. The molecule has 1 fully saturated rings. The van der Waals surface area contributed by atoms with Gasteiger partial charge in [-0.25, -0.2) is 0 Å². The molecule has 0 bridgehead atoms. The van der Waals surface area contributed by atoms with Crippen molar-refractivity contribution in [1.82, 2.24) is 0 Å². The van der Waals surface area contributed by atoms with E-state index in [4.69, 9.17) is 9.15 Å². The van der Waals surface area contributed by atoms with Crippen LogP contribution in [-0.2, 0) is 4.74 Å². The Kier molecular flexibility index (Phi) is 2.19. The average molecular weight is 180 g/mol. The number of ether oxygens (including phenoxy) is 1. The summed E-state index contributed by atoms with van der Waals surface area (Å²) in [7, 11) is 0. The van der Waals surface area contributed by atoms with E-state index in [1.807, 2.05) is 6.92 Å². The third-order valence-corrected chi connectivity index (χ3v) is 2.33. The van der Waals surface area contributed by atoms with Gasteiger partial charge in [0, 0.05) is 0 Å². The van der Waals surface area contributed by atoms with Gasteiger partial charge in [-0.15, -0.1) is 0 Å². The molecule has 0 amide bonds. The molecule has 70 valence electrons. The Morgan fingerprint density at radius 2 is 2.46 bits per heavy atom. The zero-order chi connectivity index (χ0) is 9.26. The molecular formula is C10H12O3. The molecule has 2 rings (SSSR count). The second-order valence-corrected chi connectivity index (χ2v) is 3.42. The van der Waals surface area contributed by atoms with Crippen LogP contribution in [-0.4, -0.2) is 18.5 Å². The predicted molar refractivity (Wildman–Crippen MR) is 46.6 cm³/mol. The monoisotopic (exact) mass is 180 g/mol. The lowest BCUT2D eigenvalue weighted by Gasteiger charge is -2.02. The van der Waals surface area contributed by atoms with E-state index >= 15 is 0 Å². The van der Waals surface area contributed by atoms with Gasteiger partial charge in [0.15, 0.2) is 5.76 Å². The highest BCUT2D eigenvalue weighted by Gasteiger charge is 2.30. The van der Waals surface area contributed by atoms with Gasteiger partial charge >= 0.3 is 0 Å². The van der Waals surface area contributed by atoms with Crippen molar-refractivity contribution in [2.75, 3.05) is 6.61 Å². The van der Waals surface area contributed by atoms with Gasteiger partial charge in [-0.3, -0.25) is 4.79 Å². The van der Waals surface area contributed by atoms with Crippen molar-refractivity contribution < 1.29 is 13.9 Å². The zero-order valence-corrected chi connectivity index (χ0v) is 7.53. The van der Waals surface area contributed by atoms with Gasteiger partial charge in [0.25, 0.3) is 0 Å². The van der Waals surface area contributed by atoms with Crippen LogP contribution < -0.4 is 0 Å². The van der Waals surface area contributed by atoms with Crippen molar-refractivity contribution in [2.45, 2.75) is 19.4 Å². The standard InChI is InChI=1S/C10H12O3/c1-7-5-8(6-13-7)10(11)9-3-2-4-12-9/h2-4,7-8H,5-6H2,1H3. The molecule has 1 aromatic heterocycles. The Morgan fingerprint density at radius 1 is 1.62 bits per heavy atom. The molecule has 1 saturated heterocycles. The van der Waals surface area contributed by atoms with E-state index in [9.17, 15) is 4.79 Å². The van der Waals surface area contributed by atoms with Crippen LogP contribution in [0.1, 0.15) is 23.9 Å². The summed E-state index contributed by atoms with van der Waals surface area (Å²) in [6.07, 6.45) is 2.52. The highest BCUT2D eigenvalue weighted by Crippen LogP contribution is 2.23. The maximum atomic E-state index is 11.7. The third-order valence-electron chi connectivity index (χ3n) is 2.33. The second kappa shape index (κ2) is 3.34. The third kappa shape index (κ3) is 1.65. The van der Waals surface area contributed by atoms with Gasteiger partial charge in [-0.2, -0.15) is 0 Å². The molecule has 2 unspecified atom stereocenters. The fourth-order valence-electron chi connectivity index (χ4n) is 1.62. The molecule has 1 aliphatic heterocycles. The van der Waals surface area contributed by atoms with Crippen molar-refractivity contribution in [1.29, 1.82) is 0 Å². The number of furan rings is 1. The second-order valence-electron chi connectivity index (χ2n) is 3.42. The molecule has 0 N–H and O–H groups in total. The summed E-state index contributed by atoms with van der Waals surface area (Å²) in [6, 6.07) is 3.43. The first-order chi connectivity index (χ1) is 6.27. The summed E-state index contributed by atoms with van der Waals surface area (Å²) in [4.78, 5) is 11.7. The molecule has 0 aromatic carbocycles. The van der Waals surface area contributed by atoms with Gasteiger partial charge in [0.05, 0.1) is 24.9 Å². The minimum atomic E-state index is -0.0128. The topological polar surface area (TPSA) is 39.4 Å². The highest BCUT2D eigenvalue weighted by molar-refractivity contribution is 5.95. The molecule has 0 radical (unpaired) electrons. The zero-order valence-electron chi connectivity index (χ0n) is 7.53. The number of rotatable bonds is 2. The predicted octanol–water partition coefficient (Wildman–Crippen LogP) is 1.89. The summed E-state index contributed by atoms with van der Waals surface area (Å²) in [6.45, 7) is 2.51. The van der Waals surface area contributed by atoms with Crippen LogP contribution in [0.25, 0.3) is 0 Å². The normalized spacial score (nSPS) is 27.8. The van der Waals surface area contributed by atoms with E-state index < -0.39 is 0 Å². The SMILES string of the molecule is CC1CC(C(=O)c2ccco2)CO1. The molecule has 0 spiro atoms. The Balaban J connectivity index is 2.06. The van der Waals surface area contributed by atoms with Crippen molar-refractivity contribution >= 4 is 5.78 Å². The van der Waals surface area contributed by atoms with Crippen LogP contribution in [0.2, 0.25) is 0 Å². The summed E-state index contributed by atoms with van der Waals surface area (Å²) < 4.78 is 10.4. The molecule has 1 aliphatic rings. The van der Waals surface area contributed by atoms with Gasteiger partial charge in [-0.05, 0) is 25.5 Å². The van der Waals surface area contributed by atoms with E-state index in [1.165, 1.54) is 6.26 Å². The summed E-state index contributed by atoms with van der Waals surface area (Å²) >= 11 is 0.